The van der Waals surface area contributed by atoms with Gasteiger partial charge in [-0.1, -0.05) is 23.7 Å². The highest BCUT2D eigenvalue weighted by Crippen LogP contribution is 2.40. The van der Waals surface area contributed by atoms with Gasteiger partial charge in [-0.2, -0.15) is 18.4 Å². The summed E-state index contributed by atoms with van der Waals surface area (Å²) >= 11 is 5.70. The molecule has 1 aromatic heterocycles. The van der Waals surface area contributed by atoms with Crippen LogP contribution in [-0.2, 0) is 9.92 Å². The summed E-state index contributed by atoms with van der Waals surface area (Å²) in [4.78, 5) is 3.38. The molecule has 10 heteroatoms. The lowest BCUT2D eigenvalue weighted by molar-refractivity contribution is -0.170. The number of hydrogen-bond acceptors (Lipinski definition) is 4. The van der Waals surface area contributed by atoms with Crippen molar-refractivity contribution in [2.45, 2.75) is 17.1 Å². The second-order valence-corrected chi connectivity index (χ2v) is 7.62. The number of nitrogens with one attached hydrogen (secondary N) is 1. The first-order valence-corrected chi connectivity index (χ1v) is 8.66. The first kappa shape index (κ1) is 19.2. The normalized spacial score (nSPS) is 15.4. The summed E-state index contributed by atoms with van der Waals surface area (Å²) < 4.78 is 62.0. The van der Waals surface area contributed by atoms with Gasteiger partial charge >= 0.3 is 6.18 Å². The van der Waals surface area contributed by atoms with Crippen LogP contribution >= 0.6 is 11.6 Å². The van der Waals surface area contributed by atoms with Crippen molar-refractivity contribution in [2.75, 3.05) is 7.05 Å². The summed E-state index contributed by atoms with van der Waals surface area (Å²) in [5.74, 6) is 0. The van der Waals surface area contributed by atoms with Crippen molar-refractivity contribution in [3.8, 4) is 6.07 Å². The Hall–Kier alpha value is -2.15. The van der Waals surface area contributed by atoms with E-state index in [0.29, 0.717) is 4.31 Å². The number of benzene rings is 1. The van der Waals surface area contributed by atoms with Crippen LogP contribution in [-0.4, -0.2) is 26.7 Å². The topological polar surface area (TPSA) is 80.8 Å². The van der Waals surface area contributed by atoms with Gasteiger partial charge in [0.25, 0.3) is 0 Å². The van der Waals surface area contributed by atoms with E-state index in [1.54, 1.807) is 6.07 Å². The molecule has 0 amide bonds. The molecule has 0 fully saturated rings. The molecular weight excluding hydrogens is 377 g/mol. The van der Waals surface area contributed by atoms with Crippen LogP contribution in [0.1, 0.15) is 17.2 Å². The molecular formula is C15H12ClF3N4OS. The van der Waals surface area contributed by atoms with E-state index in [9.17, 15) is 17.4 Å². The first-order valence-electron chi connectivity index (χ1n) is 6.76. The van der Waals surface area contributed by atoms with Gasteiger partial charge in [0.05, 0.1) is 10.5 Å². The highest BCUT2D eigenvalue weighted by Gasteiger charge is 2.46. The summed E-state index contributed by atoms with van der Waals surface area (Å²) in [5, 5.41) is 9.11. The maximum absolute atomic E-state index is 13.6. The average Bonchev–Trinajstić information content (AvgIpc) is 2.55. The summed E-state index contributed by atoms with van der Waals surface area (Å²) in [5.41, 5.74) is -0.204. The first-order chi connectivity index (χ1) is 11.6. The van der Waals surface area contributed by atoms with Crippen molar-refractivity contribution in [2.24, 2.45) is 0 Å². The molecule has 2 atom stereocenters. The fraction of sp³-hybridized carbons (Fsp3) is 0.200. The Morgan fingerprint density at radius 3 is 2.44 bits per heavy atom. The van der Waals surface area contributed by atoms with Crippen LogP contribution in [0.15, 0.2) is 47.6 Å². The fourth-order valence-corrected chi connectivity index (χ4v) is 3.68. The summed E-state index contributed by atoms with van der Waals surface area (Å²) in [6.07, 6.45) is -2.60. The van der Waals surface area contributed by atoms with Crippen molar-refractivity contribution in [1.29, 1.82) is 10.0 Å². The smallest absolute Gasteiger partial charge is 0.262 e. The molecule has 1 aromatic carbocycles. The van der Waals surface area contributed by atoms with Gasteiger partial charge < -0.3 is 0 Å². The molecule has 2 rings (SSSR count). The number of pyridine rings is 1. The standard InChI is InChI=1S/C15H12ClF3N4OS/c1-23(25(21,24)13-6-10(7-20)8-22-9-13)14(15(17,18)19)11-2-4-12(16)5-3-11/h2-6,8-9,14,21H,1H3/t14-,25-/m1/s1. The second-order valence-electron chi connectivity index (χ2n) is 5.09. The van der Waals surface area contributed by atoms with Crippen LogP contribution < -0.4 is 0 Å². The third-order valence-corrected chi connectivity index (χ3v) is 5.56. The van der Waals surface area contributed by atoms with Crippen LogP contribution in [0.5, 0.6) is 0 Å². The van der Waals surface area contributed by atoms with Crippen molar-refractivity contribution >= 4 is 21.5 Å². The third-order valence-electron chi connectivity index (χ3n) is 3.43. The molecule has 5 nitrogen and oxygen atoms in total. The van der Waals surface area contributed by atoms with Gasteiger partial charge in [-0.3, -0.25) is 4.98 Å². The van der Waals surface area contributed by atoms with Gasteiger partial charge in [0.15, 0.2) is 0 Å². The van der Waals surface area contributed by atoms with E-state index < -0.39 is 22.1 Å². The minimum atomic E-state index is -4.79. The van der Waals surface area contributed by atoms with Crippen molar-refractivity contribution in [1.82, 2.24) is 9.29 Å². The number of rotatable bonds is 4. The Balaban J connectivity index is 2.53. The quantitative estimate of drug-likeness (QED) is 0.853. The Morgan fingerprint density at radius 1 is 1.32 bits per heavy atom. The van der Waals surface area contributed by atoms with E-state index in [1.807, 2.05) is 0 Å². The van der Waals surface area contributed by atoms with Gasteiger partial charge in [0.1, 0.15) is 22.0 Å². The molecule has 0 saturated heterocycles. The van der Waals surface area contributed by atoms with Gasteiger partial charge in [-0.05, 0) is 23.8 Å². The maximum atomic E-state index is 13.6. The minimum Gasteiger partial charge on any atom is -0.262 e. The molecule has 0 spiro atoms. The van der Waals surface area contributed by atoms with Crippen LogP contribution in [0.2, 0.25) is 5.02 Å². The lowest BCUT2D eigenvalue weighted by atomic mass is 10.1. The van der Waals surface area contributed by atoms with Crippen LogP contribution in [0.3, 0.4) is 0 Å². The SMILES string of the molecule is CN([C@H](c1ccc(Cl)cc1)C(F)(F)F)[S@@](=N)(=O)c1cncc(C#N)c1. The van der Waals surface area contributed by atoms with E-state index in [4.69, 9.17) is 21.6 Å². The Bertz CT molecular complexity index is 908. The van der Waals surface area contributed by atoms with Gasteiger partial charge in [0, 0.05) is 24.5 Å². The minimum absolute atomic E-state index is 0.000858. The van der Waals surface area contributed by atoms with E-state index in [1.165, 1.54) is 18.3 Å². The fourth-order valence-electron chi connectivity index (χ4n) is 2.20. The Kier molecular flexibility index (Phi) is 5.37. The molecule has 25 heavy (non-hydrogen) atoms. The van der Waals surface area contributed by atoms with Crippen molar-refractivity contribution in [3.63, 3.8) is 0 Å². The van der Waals surface area contributed by atoms with Crippen LogP contribution in [0, 0.1) is 16.1 Å². The number of alkyl halides is 3. The molecule has 1 heterocycles. The molecule has 0 aliphatic rings. The zero-order chi connectivity index (χ0) is 18.8. The third kappa shape index (κ3) is 4.10. The van der Waals surface area contributed by atoms with Gasteiger partial charge in [-0.15, -0.1) is 0 Å². The lowest BCUT2D eigenvalue weighted by Gasteiger charge is -2.31. The summed E-state index contributed by atoms with van der Waals surface area (Å²) in [6.45, 7) is 0. The molecule has 132 valence electrons. The number of nitriles is 1. The summed E-state index contributed by atoms with van der Waals surface area (Å²) in [7, 11) is -3.10. The van der Waals surface area contributed by atoms with E-state index >= 15 is 0 Å². The Morgan fingerprint density at radius 2 is 1.92 bits per heavy atom. The van der Waals surface area contributed by atoms with E-state index in [-0.39, 0.29) is 21.0 Å². The predicted molar refractivity (Wildman–Crippen MR) is 86.1 cm³/mol. The number of halogens is 4. The zero-order valence-electron chi connectivity index (χ0n) is 12.8. The number of nitrogens with zero attached hydrogens (tertiary/aromatic N) is 3. The molecule has 0 aliphatic carbocycles. The van der Waals surface area contributed by atoms with Crippen molar-refractivity contribution in [3.05, 3.63) is 58.9 Å². The Labute approximate surface area is 147 Å². The number of aromatic nitrogens is 1. The predicted octanol–water partition coefficient (Wildman–Crippen LogP) is 4.16. The largest absolute Gasteiger partial charge is 0.409 e. The van der Waals surface area contributed by atoms with Gasteiger partial charge in [0.2, 0.25) is 0 Å². The molecule has 0 saturated carbocycles. The van der Waals surface area contributed by atoms with E-state index in [2.05, 4.69) is 4.98 Å². The monoisotopic (exact) mass is 388 g/mol. The van der Waals surface area contributed by atoms with Crippen molar-refractivity contribution < 1.29 is 17.4 Å². The average molecular weight is 389 g/mol. The van der Waals surface area contributed by atoms with Crippen LogP contribution in [0.25, 0.3) is 0 Å². The number of hydrogen-bond donors (Lipinski definition) is 1. The molecule has 0 bridgehead atoms. The molecule has 0 unspecified atom stereocenters. The highest BCUT2D eigenvalue weighted by atomic mass is 35.5. The van der Waals surface area contributed by atoms with Gasteiger partial charge in [-0.25, -0.2) is 13.3 Å². The highest BCUT2D eigenvalue weighted by molar-refractivity contribution is 7.90. The zero-order valence-corrected chi connectivity index (χ0v) is 14.4. The maximum Gasteiger partial charge on any atom is 0.409 e. The second kappa shape index (κ2) is 7.00. The molecule has 0 aliphatic heterocycles. The lowest BCUT2D eigenvalue weighted by Crippen LogP contribution is -2.39. The van der Waals surface area contributed by atoms with E-state index in [0.717, 1.165) is 31.4 Å². The molecule has 0 radical (unpaired) electrons. The molecule has 1 N–H and O–H groups in total. The molecule has 2 aromatic rings. The van der Waals surface area contributed by atoms with Crippen LogP contribution in [0.4, 0.5) is 13.2 Å². The summed E-state index contributed by atoms with van der Waals surface area (Å²) in [6, 6.07) is 5.45.